The van der Waals surface area contributed by atoms with Crippen molar-refractivity contribution >= 4 is 94.4 Å². The fourth-order valence-electron chi connectivity index (χ4n) is 9.81. The molecule has 0 unspecified atom stereocenters. The monoisotopic (exact) mass is 756 g/mol. The van der Waals surface area contributed by atoms with Gasteiger partial charge in [0, 0.05) is 38.0 Å². The molecule has 0 spiro atoms. The van der Waals surface area contributed by atoms with E-state index in [0.29, 0.717) is 0 Å². The van der Waals surface area contributed by atoms with Gasteiger partial charge in [0.15, 0.2) is 13.7 Å². The van der Waals surface area contributed by atoms with Crippen LogP contribution in [0.25, 0.3) is 76.9 Å². The van der Waals surface area contributed by atoms with Gasteiger partial charge in [0.2, 0.25) is 0 Å². The Morgan fingerprint density at radius 2 is 0.793 bits per heavy atom. The van der Waals surface area contributed by atoms with Crippen molar-refractivity contribution in [2.24, 2.45) is 0 Å². The molecule has 9 aromatic carbocycles. The van der Waals surface area contributed by atoms with E-state index < -0.39 is 8.07 Å². The van der Waals surface area contributed by atoms with Crippen LogP contribution in [0.1, 0.15) is 0 Å². The van der Waals surface area contributed by atoms with Crippen LogP contribution in [-0.4, -0.2) is 17.2 Å². The molecule has 0 aliphatic rings. The molecule has 0 saturated heterocycles. The Balaban J connectivity index is 1.17. The summed E-state index contributed by atoms with van der Waals surface area (Å²) in [4.78, 5) is 0. The normalized spacial score (nSPS) is 12.1. The number of aromatic nitrogens is 2. The first-order valence-corrected chi connectivity index (χ1v) is 21.9. The Morgan fingerprint density at radius 3 is 1.43 bits per heavy atom. The third-order valence-electron chi connectivity index (χ3n) is 12.3. The number of hydrogen-bond acceptors (Lipinski definition) is 1. The predicted molar refractivity (Wildman–Crippen MR) is 246 cm³/mol. The number of furan rings is 1. The van der Waals surface area contributed by atoms with Crippen LogP contribution < -0.4 is 20.7 Å². The van der Waals surface area contributed by atoms with E-state index in [1.807, 2.05) is 6.07 Å². The summed E-state index contributed by atoms with van der Waals surface area (Å²) < 4.78 is 11.5. The maximum Gasteiger partial charge on any atom is 0.179 e. The van der Waals surface area contributed by atoms with Gasteiger partial charge in [-0.15, -0.1) is 0 Å². The SMILES string of the molecule is c1ccc([Si](c2ccccc2)(c2ccccc2)c2ccc3c4ccccc4n(-c4ccc5c6ccccc6n(-c6cccc7c6oc6ccccc67)c5c4)c3c2)cc1. The first kappa shape index (κ1) is 32.8. The van der Waals surface area contributed by atoms with E-state index in [1.165, 1.54) is 53.3 Å². The summed E-state index contributed by atoms with van der Waals surface area (Å²) in [6.45, 7) is 0. The molecule has 3 heterocycles. The van der Waals surface area contributed by atoms with Crippen molar-refractivity contribution in [2.75, 3.05) is 0 Å². The van der Waals surface area contributed by atoms with Gasteiger partial charge in [0.25, 0.3) is 0 Å². The highest BCUT2D eigenvalue weighted by Gasteiger charge is 2.41. The lowest BCUT2D eigenvalue weighted by atomic mass is 10.1. The van der Waals surface area contributed by atoms with E-state index in [9.17, 15) is 0 Å². The molecule has 3 aromatic heterocycles. The minimum absolute atomic E-state index is 0.891. The average Bonchev–Trinajstić information content (AvgIpc) is 3.95. The van der Waals surface area contributed by atoms with E-state index >= 15 is 0 Å². The number of rotatable bonds is 6. The van der Waals surface area contributed by atoms with Crippen molar-refractivity contribution in [1.82, 2.24) is 9.13 Å². The minimum atomic E-state index is -2.78. The van der Waals surface area contributed by atoms with E-state index in [-0.39, 0.29) is 0 Å². The van der Waals surface area contributed by atoms with Gasteiger partial charge in [-0.3, -0.25) is 0 Å². The Kier molecular flexibility index (Phi) is 7.25. The third-order valence-corrected chi connectivity index (χ3v) is 17.0. The highest BCUT2D eigenvalue weighted by molar-refractivity contribution is 7.20. The Bertz CT molecular complexity index is 3410. The van der Waals surface area contributed by atoms with Crippen molar-refractivity contribution in [3.63, 3.8) is 0 Å². The zero-order valence-electron chi connectivity index (χ0n) is 31.6. The lowest BCUT2D eigenvalue weighted by Crippen LogP contribution is -2.74. The molecule has 0 bridgehead atoms. The second-order valence-electron chi connectivity index (χ2n) is 15.2. The van der Waals surface area contributed by atoms with Gasteiger partial charge in [0.05, 0.1) is 27.8 Å². The van der Waals surface area contributed by atoms with Crippen LogP contribution in [0, 0.1) is 0 Å². The zero-order valence-corrected chi connectivity index (χ0v) is 32.6. The molecule has 58 heavy (non-hydrogen) atoms. The molecule has 0 fully saturated rings. The molecular weight excluding hydrogens is 721 g/mol. The third kappa shape index (κ3) is 4.67. The average molecular weight is 757 g/mol. The first-order valence-electron chi connectivity index (χ1n) is 19.9. The van der Waals surface area contributed by atoms with E-state index in [1.54, 1.807) is 0 Å². The van der Waals surface area contributed by atoms with Crippen LogP contribution in [0.4, 0.5) is 0 Å². The van der Waals surface area contributed by atoms with Crippen LogP contribution in [0.3, 0.4) is 0 Å². The fourth-order valence-corrected chi connectivity index (χ4v) is 14.6. The van der Waals surface area contributed by atoms with Gasteiger partial charge >= 0.3 is 0 Å². The number of fused-ring (bicyclic) bond motifs is 9. The summed E-state index contributed by atoms with van der Waals surface area (Å²) in [5.41, 5.74) is 8.60. The van der Waals surface area contributed by atoms with E-state index in [2.05, 4.69) is 221 Å². The standard InChI is InChI=1S/C54H36N2OSi/c1-4-17-38(18-5-1)58(39-19-6-2-7-20-39,40-21-8-3-9-22-40)41-32-34-45-42-23-10-13-27-48(42)55(52(45)36-41)37-31-33-44-43-24-11-14-28-49(43)56(51(44)35-37)50-29-16-26-47-46-25-12-15-30-53(46)57-54(47)50/h1-36H. The topological polar surface area (TPSA) is 23.0 Å². The lowest BCUT2D eigenvalue weighted by molar-refractivity contribution is 0.666. The summed E-state index contributed by atoms with van der Waals surface area (Å²) in [7, 11) is -2.78. The van der Waals surface area contributed by atoms with Crippen molar-refractivity contribution in [1.29, 1.82) is 0 Å². The zero-order chi connectivity index (χ0) is 38.2. The number of nitrogens with zero attached hydrogens (tertiary/aromatic N) is 2. The van der Waals surface area contributed by atoms with Crippen molar-refractivity contribution in [3.8, 4) is 11.4 Å². The molecule has 0 amide bonds. The number of benzene rings is 9. The first-order chi connectivity index (χ1) is 28.8. The molecule has 4 heteroatoms. The predicted octanol–water partition coefficient (Wildman–Crippen LogP) is 11.2. The summed E-state index contributed by atoms with van der Waals surface area (Å²) in [5, 5.41) is 12.6. The molecular formula is C54H36N2OSi. The van der Waals surface area contributed by atoms with Crippen LogP contribution in [-0.2, 0) is 0 Å². The molecule has 272 valence electrons. The molecule has 12 aromatic rings. The molecule has 0 N–H and O–H groups in total. The van der Waals surface area contributed by atoms with Crippen molar-refractivity contribution in [2.45, 2.75) is 0 Å². The minimum Gasteiger partial charge on any atom is -0.454 e. The fraction of sp³-hybridized carbons (Fsp3) is 0. The summed E-state index contributed by atoms with van der Waals surface area (Å²) >= 11 is 0. The highest BCUT2D eigenvalue weighted by atomic mass is 28.3. The second-order valence-corrected chi connectivity index (χ2v) is 19.0. The molecule has 0 atom stereocenters. The summed E-state index contributed by atoms with van der Waals surface area (Å²) in [6, 6.07) is 80.3. The summed E-state index contributed by atoms with van der Waals surface area (Å²) in [6.07, 6.45) is 0. The van der Waals surface area contributed by atoms with Crippen LogP contribution in [0.2, 0.25) is 0 Å². The van der Waals surface area contributed by atoms with Gasteiger partial charge in [-0.25, -0.2) is 0 Å². The maximum absolute atomic E-state index is 6.66. The Morgan fingerprint density at radius 1 is 0.310 bits per heavy atom. The largest absolute Gasteiger partial charge is 0.454 e. The molecule has 3 nitrogen and oxygen atoms in total. The Labute approximate surface area is 336 Å². The van der Waals surface area contributed by atoms with Crippen molar-refractivity contribution < 1.29 is 4.42 Å². The van der Waals surface area contributed by atoms with Gasteiger partial charge in [-0.1, -0.05) is 176 Å². The summed E-state index contributed by atoms with van der Waals surface area (Å²) in [5.74, 6) is 0. The van der Waals surface area contributed by atoms with Crippen LogP contribution >= 0.6 is 0 Å². The second kappa shape index (κ2) is 12.8. The highest BCUT2D eigenvalue weighted by Crippen LogP contribution is 2.40. The van der Waals surface area contributed by atoms with Gasteiger partial charge in [-0.2, -0.15) is 0 Å². The number of hydrogen-bond donors (Lipinski definition) is 0. The van der Waals surface area contributed by atoms with E-state index in [4.69, 9.17) is 4.42 Å². The molecule has 12 rings (SSSR count). The molecule has 0 radical (unpaired) electrons. The van der Waals surface area contributed by atoms with Gasteiger partial charge in [-0.05, 0) is 63.2 Å². The molecule has 0 aliphatic heterocycles. The molecule has 0 saturated carbocycles. The van der Waals surface area contributed by atoms with Crippen molar-refractivity contribution in [3.05, 3.63) is 218 Å². The van der Waals surface area contributed by atoms with Gasteiger partial charge in [0.1, 0.15) is 5.58 Å². The smallest absolute Gasteiger partial charge is 0.179 e. The Hall–Kier alpha value is -7.40. The van der Waals surface area contributed by atoms with Crippen LogP contribution in [0.15, 0.2) is 223 Å². The maximum atomic E-state index is 6.66. The van der Waals surface area contributed by atoms with Crippen LogP contribution in [0.5, 0.6) is 0 Å². The lowest BCUT2D eigenvalue weighted by Gasteiger charge is -2.34. The quantitative estimate of drug-likeness (QED) is 0.122. The number of para-hydroxylation sites is 4. The molecule has 0 aliphatic carbocycles. The van der Waals surface area contributed by atoms with Gasteiger partial charge < -0.3 is 13.6 Å². The van der Waals surface area contributed by atoms with E-state index in [0.717, 1.165) is 44.3 Å².